The molecule has 0 unspecified atom stereocenters. The van der Waals surface area contributed by atoms with Crippen LogP contribution in [0, 0.1) is 5.82 Å². The molecule has 2 aromatic carbocycles. The van der Waals surface area contributed by atoms with E-state index in [0.717, 1.165) is 5.56 Å². The zero-order chi connectivity index (χ0) is 16.7. The number of rotatable bonds is 7. The monoisotopic (exact) mass is 317 g/mol. The number of benzene rings is 2. The normalized spacial score (nSPS) is 10.2. The van der Waals surface area contributed by atoms with Gasteiger partial charge in [0, 0.05) is 18.2 Å². The molecule has 2 rings (SSSR count). The summed E-state index contributed by atoms with van der Waals surface area (Å²) in [6.45, 7) is 2.43. The van der Waals surface area contributed by atoms with Crippen LogP contribution in [0.15, 0.2) is 42.5 Å². The standard InChI is InChI=1S/C18H20FNO3/c1-3-23-16-10-9-15(12-17(16)22-2)20-18(21)11-6-13-4-7-14(19)8-5-13/h4-5,7-10,12H,3,6,11H2,1-2H3,(H,20,21). The van der Waals surface area contributed by atoms with Crippen LogP contribution in [-0.4, -0.2) is 19.6 Å². The van der Waals surface area contributed by atoms with Crippen LogP contribution in [0.3, 0.4) is 0 Å². The van der Waals surface area contributed by atoms with E-state index in [1.165, 1.54) is 12.1 Å². The van der Waals surface area contributed by atoms with Crippen molar-refractivity contribution >= 4 is 11.6 Å². The molecular formula is C18H20FNO3. The number of halogens is 1. The third-order valence-corrected chi connectivity index (χ3v) is 3.30. The Kier molecular flexibility index (Phi) is 5.97. The van der Waals surface area contributed by atoms with Gasteiger partial charge in [0.05, 0.1) is 13.7 Å². The maximum atomic E-state index is 12.8. The first kappa shape index (κ1) is 16.8. The van der Waals surface area contributed by atoms with E-state index in [4.69, 9.17) is 9.47 Å². The molecule has 0 aliphatic carbocycles. The van der Waals surface area contributed by atoms with Crippen LogP contribution in [0.5, 0.6) is 11.5 Å². The SMILES string of the molecule is CCOc1ccc(NC(=O)CCc2ccc(F)cc2)cc1OC. The number of hydrogen-bond donors (Lipinski definition) is 1. The van der Waals surface area contributed by atoms with Crippen LogP contribution < -0.4 is 14.8 Å². The number of nitrogens with one attached hydrogen (secondary N) is 1. The molecule has 0 atom stereocenters. The van der Waals surface area contributed by atoms with Gasteiger partial charge in [0.15, 0.2) is 11.5 Å². The average molecular weight is 317 g/mol. The highest BCUT2D eigenvalue weighted by Gasteiger charge is 2.08. The summed E-state index contributed by atoms with van der Waals surface area (Å²) in [5.41, 5.74) is 1.57. The number of carbonyl (C=O) groups excluding carboxylic acids is 1. The maximum absolute atomic E-state index is 12.8. The molecule has 0 aliphatic heterocycles. The van der Waals surface area contributed by atoms with Crippen LogP contribution in [0.25, 0.3) is 0 Å². The third kappa shape index (κ3) is 4.98. The molecule has 0 saturated carbocycles. The maximum Gasteiger partial charge on any atom is 0.224 e. The fourth-order valence-electron chi connectivity index (χ4n) is 2.15. The number of amides is 1. The molecule has 0 aliphatic rings. The van der Waals surface area contributed by atoms with Crippen molar-refractivity contribution in [2.75, 3.05) is 19.0 Å². The van der Waals surface area contributed by atoms with Gasteiger partial charge in [-0.1, -0.05) is 12.1 Å². The lowest BCUT2D eigenvalue weighted by molar-refractivity contribution is -0.116. The molecule has 0 bridgehead atoms. The van der Waals surface area contributed by atoms with Crippen LogP contribution in [-0.2, 0) is 11.2 Å². The number of aryl methyl sites for hydroxylation is 1. The molecule has 4 nitrogen and oxygen atoms in total. The van der Waals surface area contributed by atoms with Gasteiger partial charge < -0.3 is 14.8 Å². The number of anilines is 1. The molecular weight excluding hydrogens is 297 g/mol. The summed E-state index contributed by atoms with van der Waals surface area (Å²) in [4.78, 5) is 12.0. The van der Waals surface area contributed by atoms with Crippen LogP contribution in [0.4, 0.5) is 10.1 Å². The molecule has 0 spiro atoms. The van der Waals surface area contributed by atoms with Crippen molar-refractivity contribution in [2.24, 2.45) is 0 Å². The van der Waals surface area contributed by atoms with E-state index in [1.54, 1.807) is 37.4 Å². The Hall–Kier alpha value is -2.56. The second kappa shape index (κ2) is 8.17. The highest BCUT2D eigenvalue weighted by molar-refractivity contribution is 5.91. The lowest BCUT2D eigenvalue weighted by atomic mass is 10.1. The van der Waals surface area contributed by atoms with E-state index in [2.05, 4.69) is 5.32 Å². The molecule has 0 aromatic heterocycles. The van der Waals surface area contributed by atoms with Gasteiger partial charge in [-0.2, -0.15) is 0 Å². The quantitative estimate of drug-likeness (QED) is 0.845. The van der Waals surface area contributed by atoms with Crippen molar-refractivity contribution in [3.05, 3.63) is 53.8 Å². The first-order valence-electron chi connectivity index (χ1n) is 7.47. The van der Waals surface area contributed by atoms with Gasteiger partial charge in [0.25, 0.3) is 0 Å². The van der Waals surface area contributed by atoms with Gasteiger partial charge in [-0.05, 0) is 43.2 Å². The van der Waals surface area contributed by atoms with E-state index in [-0.39, 0.29) is 11.7 Å². The predicted octanol–water partition coefficient (Wildman–Crippen LogP) is 3.80. The molecule has 1 N–H and O–H groups in total. The summed E-state index contributed by atoms with van der Waals surface area (Å²) in [6.07, 6.45) is 0.876. The van der Waals surface area contributed by atoms with Gasteiger partial charge in [-0.3, -0.25) is 4.79 Å². The molecule has 122 valence electrons. The lowest BCUT2D eigenvalue weighted by Gasteiger charge is -2.11. The highest BCUT2D eigenvalue weighted by Crippen LogP contribution is 2.30. The Morgan fingerprint density at radius 3 is 2.52 bits per heavy atom. The third-order valence-electron chi connectivity index (χ3n) is 3.30. The Morgan fingerprint density at radius 1 is 1.13 bits per heavy atom. The van der Waals surface area contributed by atoms with E-state index in [9.17, 15) is 9.18 Å². The van der Waals surface area contributed by atoms with Crippen LogP contribution in [0.1, 0.15) is 18.9 Å². The second-order valence-electron chi connectivity index (χ2n) is 4.97. The van der Waals surface area contributed by atoms with E-state index in [1.807, 2.05) is 6.92 Å². The zero-order valence-electron chi connectivity index (χ0n) is 13.3. The molecule has 2 aromatic rings. The largest absolute Gasteiger partial charge is 0.493 e. The molecule has 23 heavy (non-hydrogen) atoms. The van der Waals surface area contributed by atoms with E-state index in [0.29, 0.717) is 36.6 Å². The second-order valence-corrected chi connectivity index (χ2v) is 4.97. The summed E-state index contributed by atoms with van der Waals surface area (Å²) < 4.78 is 23.5. The topological polar surface area (TPSA) is 47.6 Å². The van der Waals surface area contributed by atoms with Gasteiger partial charge in [-0.15, -0.1) is 0 Å². The number of ether oxygens (including phenoxy) is 2. The van der Waals surface area contributed by atoms with Crippen molar-refractivity contribution in [2.45, 2.75) is 19.8 Å². The summed E-state index contributed by atoms with van der Waals surface area (Å²) in [5.74, 6) is 0.822. The Bertz CT molecular complexity index is 656. The van der Waals surface area contributed by atoms with E-state index < -0.39 is 0 Å². The van der Waals surface area contributed by atoms with Crippen molar-refractivity contribution in [1.82, 2.24) is 0 Å². The minimum Gasteiger partial charge on any atom is -0.493 e. The fraction of sp³-hybridized carbons (Fsp3) is 0.278. The molecule has 0 radical (unpaired) electrons. The van der Waals surface area contributed by atoms with Crippen molar-refractivity contribution in [3.8, 4) is 11.5 Å². The molecule has 1 amide bonds. The van der Waals surface area contributed by atoms with Gasteiger partial charge in [0.2, 0.25) is 5.91 Å². The Morgan fingerprint density at radius 2 is 1.87 bits per heavy atom. The molecule has 0 saturated heterocycles. The van der Waals surface area contributed by atoms with Gasteiger partial charge in [0.1, 0.15) is 5.82 Å². The minimum atomic E-state index is -0.278. The number of hydrogen-bond acceptors (Lipinski definition) is 3. The fourth-order valence-corrected chi connectivity index (χ4v) is 2.15. The molecule has 0 heterocycles. The summed E-state index contributed by atoms with van der Waals surface area (Å²) in [5, 5.41) is 2.82. The number of methoxy groups -OCH3 is 1. The predicted molar refractivity (Wildman–Crippen MR) is 87.5 cm³/mol. The minimum absolute atomic E-state index is 0.111. The summed E-state index contributed by atoms with van der Waals surface area (Å²) >= 11 is 0. The zero-order valence-corrected chi connectivity index (χ0v) is 13.3. The smallest absolute Gasteiger partial charge is 0.224 e. The number of carbonyl (C=O) groups is 1. The van der Waals surface area contributed by atoms with Crippen LogP contribution in [0.2, 0.25) is 0 Å². The summed E-state index contributed by atoms with van der Waals surface area (Å²) in [7, 11) is 1.55. The molecule has 0 fully saturated rings. The Labute approximate surface area is 135 Å². The first-order chi connectivity index (χ1) is 11.1. The Balaban J connectivity index is 1.93. The summed E-state index contributed by atoms with van der Waals surface area (Å²) in [6, 6.07) is 11.4. The van der Waals surface area contributed by atoms with Gasteiger partial charge >= 0.3 is 0 Å². The van der Waals surface area contributed by atoms with Crippen molar-refractivity contribution < 1.29 is 18.7 Å². The van der Waals surface area contributed by atoms with Crippen LogP contribution >= 0.6 is 0 Å². The van der Waals surface area contributed by atoms with Crippen molar-refractivity contribution in [1.29, 1.82) is 0 Å². The lowest BCUT2D eigenvalue weighted by Crippen LogP contribution is -2.12. The van der Waals surface area contributed by atoms with Crippen molar-refractivity contribution in [3.63, 3.8) is 0 Å². The molecule has 5 heteroatoms. The van der Waals surface area contributed by atoms with Gasteiger partial charge in [-0.25, -0.2) is 4.39 Å². The average Bonchev–Trinajstić information content (AvgIpc) is 2.56. The highest BCUT2D eigenvalue weighted by atomic mass is 19.1. The van der Waals surface area contributed by atoms with E-state index >= 15 is 0 Å². The first-order valence-corrected chi connectivity index (χ1v) is 7.47.